The van der Waals surface area contributed by atoms with Gasteiger partial charge in [-0.3, -0.25) is 9.58 Å². The molecular formula is C18H23N3O2. The minimum absolute atomic E-state index is 0.366. The Hall–Kier alpha value is -2.14. The van der Waals surface area contributed by atoms with E-state index in [1.165, 1.54) is 12.7 Å². The first-order valence-electron chi connectivity index (χ1n) is 8.09. The number of rotatable bonds is 4. The van der Waals surface area contributed by atoms with Crippen molar-refractivity contribution in [3.63, 3.8) is 0 Å². The second-order valence-corrected chi connectivity index (χ2v) is 6.14. The van der Waals surface area contributed by atoms with Crippen LogP contribution in [0.1, 0.15) is 41.0 Å². The minimum Gasteiger partial charge on any atom is -0.464 e. The van der Waals surface area contributed by atoms with E-state index in [-0.39, 0.29) is 5.97 Å². The van der Waals surface area contributed by atoms with Crippen LogP contribution in [-0.2, 0) is 17.8 Å². The number of benzene rings is 1. The van der Waals surface area contributed by atoms with Crippen molar-refractivity contribution < 1.29 is 9.53 Å². The Bertz CT molecular complexity index is 666. The number of esters is 1. The van der Waals surface area contributed by atoms with Crippen LogP contribution in [0.4, 0.5) is 0 Å². The molecule has 0 radical (unpaired) electrons. The number of nitrogens with zero attached hydrogens (tertiary/aromatic N) is 3. The highest BCUT2D eigenvalue weighted by molar-refractivity contribution is 5.87. The van der Waals surface area contributed by atoms with Crippen molar-refractivity contribution in [1.82, 2.24) is 14.7 Å². The topological polar surface area (TPSA) is 47.4 Å². The molecule has 0 saturated heterocycles. The summed E-state index contributed by atoms with van der Waals surface area (Å²) in [7, 11) is 1.39. The lowest BCUT2D eigenvalue weighted by atomic mass is 10.0. The molecule has 0 N–H and O–H groups in total. The van der Waals surface area contributed by atoms with Gasteiger partial charge in [0.05, 0.1) is 12.8 Å². The third kappa shape index (κ3) is 3.62. The summed E-state index contributed by atoms with van der Waals surface area (Å²) >= 11 is 0. The van der Waals surface area contributed by atoms with Gasteiger partial charge >= 0.3 is 5.97 Å². The first-order valence-corrected chi connectivity index (χ1v) is 8.09. The van der Waals surface area contributed by atoms with Crippen LogP contribution in [0, 0.1) is 0 Å². The maximum absolute atomic E-state index is 11.6. The molecule has 1 aliphatic heterocycles. The van der Waals surface area contributed by atoms with Gasteiger partial charge in [-0.25, -0.2) is 4.79 Å². The molecule has 0 amide bonds. The molecule has 2 heterocycles. The summed E-state index contributed by atoms with van der Waals surface area (Å²) in [5.74, 6) is 0.112. The van der Waals surface area contributed by atoms with Crippen LogP contribution in [0.25, 0.3) is 0 Å². The number of carbonyl (C=O) groups is 1. The van der Waals surface area contributed by atoms with Crippen molar-refractivity contribution in [1.29, 1.82) is 0 Å². The first kappa shape index (κ1) is 15.7. The molecule has 23 heavy (non-hydrogen) atoms. The zero-order valence-corrected chi connectivity index (χ0v) is 13.7. The lowest BCUT2D eigenvalue weighted by Crippen LogP contribution is -2.27. The predicted octanol–water partition coefficient (Wildman–Crippen LogP) is 2.68. The van der Waals surface area contributed by atoms with Gasteiger partial charge in [0.25, 0.3) is 0 Å². The molecule has 2 aromatic rings. The Labute approximate surface area is 136 Å². The van der Waals surface area contributed by atoms with Gasteiger partial charge in [-0.05, 0) is 24.0 Å². The summed E-state index contributed by atoms with van der Waals surface area (Å²) in [5, 5.41) is 4.37. The van der Waals surface area contributed by atoms with Crippen LogP contribution in [0.15, 0.2) is 36.4 Å². The fraction of sp³-hybridized carbons (Fsp3) is 0.444. The summed E-state index contributed by atoms with van der Waals surface area (Å²) in [4.78, 5) is 14.1. The normalized spacial score (nSPS) is 16.4. The largest absolute Gasteiger partial charge is 0.464 e. The monoisotopic (exact) mass is 313 g/mol. The highest BCUT2D eigenvalue weighted by Crippen LogP contribution is 2.20. The van der Waals surface area contributed by atoms with Gasteiger partial charge < -0.3 is 4.74 Å². The van der Waals surface area contributed by atoms with E-state index in [4.69, 9.17) is 4.74 Å². The second kappa shape index (κ2) is 6.96. The number of fused-ring (bicyclic) bond motifs is 1. The number of ether oxygens (including phenoxy) is 1. The number of hydrogen-bond donors (Lipinski definition) is 0. The van der Waals surface area contributed by atoms with Gasteiger partial charge in [0.1, 0.15) is 0 Å². The van der Waals surface area contributed by atoms with E-state index in [0.717, 1.165) is 38.3 Å². The number of aryl methyl sites for hydroxylation is 1. The maximum Gasteiger partial charge on any atom is 0.358 e. The third-order valence-electron chi connectivity index (χ3n) is 4.39. The summed E-state index contributed by atoms with van der Waals surface area (Å²) < 4.78 is 6.71. The van der Waals surface area contributed by atoms with Crippen molar-refractivity contribution >= 4 is 5.97 Å². The van der Waals surface area contributed by atoms with Gasteiger partial charge in [0.15, 0.2) is 5.69 Å². The summed E-state index contributed by atoms with van der Waals surface area (Å²) in [6.07, 6.45) is 1.04. The van der Waals surface area contributed by atoms with Gasteiger partial charge in [-0.15, -0.1) is 0 Å². The molecule has 1 aromatic carbocycles. The van der Waals surface area contributed by atoms with Crippen LogP contribution >= 0.6 is 0 Å². The Morgan fingerprint density at radius 2 is 2.09 bits per heavy atom. The molecule has 0 aliphatic carbocycles. The van der Waals surface area contributed by atoms with Crippen molar-refractivity contribution in [3.05, 3.63) is 53.3 Å². The Balaban J connectivity index is 1.71. The van der Waals surface area contributed by atoms with Crippen LogP contribution in [-0.4, -0.2) is 40.8 Å². The molecule has 0 bridgehead atoms. The quantitative estimate of drug-likeness (QED) is 0.814. The Kier molecular flexibility index (Phi) is 4.76. The number of carbonyl (C=O) groups excluding carboxylic acids is 1. The zero-order chi connectivity index (χ0) is 16.2. The summed E-state index contributed by atoms with van der Waals surface area (Å²) in [6.45, 7) is 5.98. The summed E-state index contributed by atoms with van der Waals surface area (Å²) in [6, 6.07) is 12.5. The predicted molar refractivity (Wildman–Crippen MR) is 88.3 cm³/mol. The van der Waals surface area contributed by atoms with E-state index in [0.29, 0.717) is 11.6 Å². The molecule has 1 aliphatic rings. The van der Waals surface area contributed by atoms with E-state index in [9.17, 15) is 4.79 Å². The number of hydrogen-bond acceptors (Lipinski definition) is 4. The van der Waals surface area contributed by atoms with Gasteiger partial charge in [-0.2, -0.15) is 5.10 Å². The molecular weight excluding hydrogens is 290 g/mol. The van der Waals surface area contributed by atoms with Crippen LogP contribution < -0.4 is 0 Å². The van der Waals surface area contributed by atoms with E-state index in [1.54, 1.807) is 0 Å². The average Bonchev–Trinajstić information content (AvgIpc) is 2.88. The lowest BCUT2D eigenvalue weighted by molar-refractivity contribution is 0.0593. The fourth-order valence-corrected chi connectivity index (χ4v) is 3.16. The number of methoxy groups -OCH3 is 1. The van der Waals surface area contributed by atoms with Crippen molar-refractivity contribution in [3.8, 4) is 0 Å². The second-order valence-electron chi connectivity index (χ2n) is 6.14. The van der Waals surface area contributed by atoms with Gasteiger partial charge in [-0.1, -0.05) is 37.3 Å². The molecule has 122 valence electrons. The molecule has 0 fully saturated rings. The van der Waals surface area contributed by atoms with Crippen molar-refractivity contribution in [2.24, 2.45) is 0 Å². The van der Waals surface area contributed by atoms with E-state index in [2.05, 4.69) is 47.3 Å². The molecule has 3 rings (SSSR count). The Morgan fingerprint density at radius 1 is 1.30 bits per heavy atom. The minimum atomic E-state index is -0.366. The molecule has 5 heteroatoms. The zero-order valence-electron chi connectivity index (χ0n) is 13.7. The third-order valence-corrected chi connectivity index (χ3v) is 4.39. The van der Waals surface area contributed by atoms with Crippen molar-refractivity contribution in [2.75, 3.05) is 20.2 Å². The highest BCUT2D eigenvalue weighted by atomic mass is 16.5. The van der Waals surface area contributed by atoms with Gasteiger partial charge in [0, 0.05) is 26.2 Å². The lowest BCUT2D eigenvalue weighted by Gasteiger charge is -2.24. The van der Waals surface area contributed by atoms with E-state index >= 15 is 0 Å². The average molecular weight is 313 g/mol. The molecule has 0 saturated carbocycles. The number of aromatic nitrogens is 2. The molecule has 0 spiro atoms. The molecule has 1 aromatic heterocycles. The molecule has 5 nitrogen and oxygen atoms in total. The summed E-state index contributed by atoms with van der Waals surface area (Å²) in [5.41, 5.74) is 2.85. The SMILES string of the molecule is COC(=O)c1cc2n(n1)CCCN(C[C@H](C)c1ccccc1)C2. The first-order chi connectivity index (χ1) is 11.2. The van der Waals surface area contributed by atoms with E-state index < -0.39 is 0 Å². The Morgan fingerprint density at radius 3 is 2.83 bits per heavy atom. The smallest absolute Gasteiger partial charge is 0.358 e. The van der Waals surface area contributed by atoms with Crippen LogP contribution in [0.2, 0.25) is 0 Å². The maximum atomic E-state index is 11.6. The van der Waals surface area contributed by atoms with Crippen LogP contribution in [0.3, 0.4) is 0 Å². The molecule has 0 unspecified atom stereocenters. The molecule has 1 atom stereocenters. The van der Waals surface area contributed by atoms with Crippen molar-refractivity contribution in [2.45, 2.75) is 32.4 Å². The van der Waals surface area contributed by atoms with Crippen LogP contribution in [0.5, 0.6) is 0 Å². The van der Waals surface area contributed by atoms with E-state index in [1.807, 2.05) is 10.7 Å². The highest BCUT2D eigenvalue weighted by Gasteiger charge is 2.21. The van der Waals surface area contributed by atoms with Gasteiger partial charge in [0.2, 0.25) is 0 Å². The standard InChI is InChI=1S/C18H23N3O2/c1-14(15-7-4-3-5-8-15)12-20-9-6-10-21-16(13-20)11-17(19-21)18(22)23-2/h3-5,7-8,11,14H,6,9-10,12-13H2,1-2H3/t14-/m0/s1. The fourth-order valence-electron chi connectivity index (χ4n) is 3.16.